The van der Waals surface area contributed by atoms with Gasteiger partial charge in [0.1, 0.15) is 0 Å². The molecule has 0 aliphatic carbocycles. The van der Waals surface area contributed by atoms with Crippen LogP contribution >= 0.6 is 0 Å². The summed E-state index contributed by atoms with van der Waals surface area (Å²) in [6.45, 7) is 7.47. The predicted octanol–water partition coefficient (Wildman–Crippen LogP) is 4.88. The normalized spacial score (nSPS) is 14.0. The maximum atomic E-state index is 12.8. The van der Waals surface area contributed by atoms with E-state index in [-0.39, 0.29) is 11.7 Å². The molecule has 0 radical (unpaired) electrons. The van der Waals surface area contributed by atoms with E-state index >= 15 is 0 Å². The van der Waals surface area contributed by atoms with Crippen LogP contribution in [0, 0.1) is 20.8 Å². The van der Waals surface area contributed by atoms with Crippen molar-refractivity contribution >= 4 is 23.5 Å². The van der Waals surface area contributed by atoms with E-state index in [0.29, 0.717) is 25.1 Å². The number of aromatic nitrogens is 2. The van der Waals surface area contributed by atoms with Crippen molar-refractivity contribution in [3.05, 3.63) is 88.2 Å². The van der Waals surface area contributed by atoms with Gasteiger partial charge in [-0.15, -0.1) is 0 Å². The van der Waals surface area contributed by atoms with Gasteiger partial charge in [0.2, 0.25) is 5.91 Å². The number of rotatable bonds is 6. The molecular formula is C26H27N3O2. The standard InChI is InChI=1S/C26H27N3O2/c1-18-9-11-21(12-10-18)17-29-20(3)24(19(2)27-29)13-14-25(30)22-6-4-7-23(16-22)28-15-5-8-26(28)31/h4,6-7,9-14,16H,5,8,15,17H2,1-3H3/b14-13+. The van der Waals surface area contributed by atoms with Gasteiger partial charge in [-0.1, -0.05) is 42.0 Å². The zero-order valence-electron chi connectivity index (χ0n) is 18.3. The molecule has 1 fully saturated rings. The van der Waals surface area contributed by atoms with Crippen molar-refractivity contribution in [3.8, 4) is 0 Å². The predicted molar refractivity (Wildman–Crippen MR) is 123 cm³/mol. The Morgan fingerprint density at radius 2 is 1.87 bits per heavy atom. The van der Waals surface area contributed by atoms with Crippen molar-refractivity contribution in [2.45, 2.75) is 40.2 Å². The van der Waals surface area contributed by atoms with Crippen molar-refractivity contribution in [1.29, 1.82) is 0 Å². The fraction of sp³-hybridized carbons (Fsp3) is 0.269. The Morgan fingerprint density at radius 3 is 2.58 bits per heavy atom. The van der Waals surface area contributed by atoms with Gasteiger partial charge in [-0.2, -0.15) is 5.10 Å². The maximum absolute atomic E-state index is 12.8. The van der Waals surface area contributed by atoms with E-state index in [1.54, 1.807) is 23.1 Å². The lowest BCUT2D eigenvalue weighted by molar-refractivity contribution is -0.117. The van der Waals surface area contributed by atoms with Gasteiger partial charge in [-0.05, 0) is 57.0 Å². The second-order valence-corrected chi connectivity index (χ2v) is 8.12. The van der Waals surface area contributed by atoms with E-state index in [1.807, 2.05) is 36.7 Å². The third-order valence-electron chi connectivity index (χ3n) is 5.81. The van der Waals surface area contributed by atoms with E-state index in [1.165, 1.54) is 11.1 Å². The summed E-state index contributed by atoms with van der Waals surface area (Å²) in [5.74, 6) is 0.0333. The summed E-state index contributed by atoms with van der Waals surface area (Å²) in [6, 6.07) is 15.7. The Kier molecular flexibility index (Phi) is 5.85. The van der Waals surface area contributed by atoms with E-state index < -0.39 is 0 Å². The topological polar surface area (TPSA) is 55.2 Å². The lowest BCUT2D eigenvalue weighted by Gasteiger charge is -2.16. The number of hydrogen-bond donors (Lipinski definition) is 0. The molecule has 0 saturated carbocycles. The van der Waals surface area contributed by atoms with E-state index in [9.17, 15) is 9.59 Å². The first kappa shape index (κ1) is 20.8. The first-order valence-electron chi connectivity index (χ1n) is 10.6. The lowest BCUT2D eigenvalue weighted by Crippen LogP contribution is -2.23. The Morgan fingerprint density at radius 1 is 1.10 bits per heavy atom. The van der Waals surface area contributed by atoms with Gasteiger partial charge in [0.25, 0.3) is 0 Å². The van der Waals surface area contributed by atoms with Gasteiger partial charge in [0, 0.05) is 35.5 Å². The van der Waals surface area contributed by atoms with E-state index in [0.717, 1.165) is 29.1 Å². The van der Waals surface area contributed by atoms with E-state index in [2.05, 4.69) is 36.3 Å². The van der Waals surface area contributed by atoms with Crippen LogP contribution in [0.1, 0.15) is 51.3 Å². The summed E-state index contributed by atoms with van der Waals surface area (Å²) in [5.41, 5.74) is 6.68. The number of carbonyl (C=O) groups excluding carboxylic acids is 2. The number of hydrogen-bond acceptors (Lipinski definition) is 3. The minimum absolute atomic E-state index is 0.0846. The van der Waals surface area contributed by atoms with Crippen LogP contribution in [0.4, 0.5) is 5.69 Å². The molecule has 1 aliphatic heterocycles. The zero-order valence-corrected chi connectivity index (χ0v) is 18.3. The molecule has 0 spiro atoms. The minimum Gasteiger partial charge on any atom is -0.312 e. The number of carbonyl (C=O) groups is 2. The number of anilines is 1. The molecule has 3 aromatic rings. The molecule has 2 aromatic carbocycles. The quantitative estimate of drug-likeness (QED) is 0.427. The second-order valence-electron chi connectivity index (χ2n) is 8.12. The number of aryl methyl sites for hydroxylation is 2. The first-order valence-corrected chi connectivity index (χ1v) is 10.6. The van der Waals surface area contributed by atoms with Gasteiger partial charge >= 0.3 is 0 Å². The molecule has 0 atom stereocenters. The Hall–Kier alpha value is -3.47. The molecule has 0 bridgehead atoms. The monoisotopic (exact) mass is 413 g/mol. The molecule has 1 aliphatic rings. The van der Waals surface area contributed by atoms with Gasteiger partial charge in [-0.25, -0.2) is 0 Å². The molecule has 31 heavy (non-hydrogen) atoms. The number of nitrogens with zero attached hydrogens (tertiary/aromatic N) is 3. The number of allylic oxidation sites excluding steroid dienone is 1. The van der Waals surface area contributed by atoms with Crippen molar-refractivity contribution in [2.75, 3.05) is 11.4 Å². The minimum atomic E-state index is -0.0846. The third kappa shape index (κ3) is 4.50. The van der Waals surface area contributed by atoms with E-state index in [4.69, 9.17) is 0 Å². The fourth-order valence-electron chi connectivity index (χ4n) is 3.98. The van der Waals surface area contributed by atoms with Crippen LogP contribution in [-0.4, -0.2) is 28.0 Å². The highest BCUT2D eigenvalue weighted by Crippen LogP contribution is 2.23. The maximum Gasteiger partial charge on any atom is 0.227 e. The SMILES string of the molecule is Cc1ccc(Cn2nc(C)c(/C=C/C(=O)c3cccc(N4CCCC4=O)c3)c2C)cc1. The summed E-state index contributed by atoms with van der Waals surface area (Å²) >= 11 is 0. The molecule has 1 aromatic heterocycles. The smallest absolute Gasteiger partial charge is 0.227 e. The van der Waals surface area contributed by atoms with Crippen molar-refractivity contribution in [1.82, 2.24) is 9.78 Å². The van der Waals surface area contributed by atoms with Crippen LogP contribution in [0.15, 0.2) is 54.6 Å². The Labute approximate surface area is 183 Å². The molecule has 158 valence electrons. The summed E-state index contributed by atoms with van der Waals surface area (Å²) in [6.07, 6.45) is 4.88. The zero-order chi connectivity index (χ0) is 22.0. The highest BCUT2D eigenvalue weighted by atomic mass is 16.2. The fourth-order valence-corrected chi connectivity index (χ4v) is 3.98. The van der Waals surface area contributed by atoms with Crippen LogP contribution < -0.4 is 4.90 Å². The molecule has 0 N–H and O–H groups in total. The van der Waals surface area contributed by atoms with Crippen LogP contribution in [0.2, 0.25) is 0 Å². The Balaban J connectivity index is 1.52. The highest BCUT2D eigenvalue weighted by molar-refractivity contribution is 6.08. The second kappa shape index (κ2) is 8.72. The average Bonchev–Trinajstić information content (AvgIpc) is 3.31. The van der Waals surface area contributed by atoms with Crippen molar-refractivity contribution in [2.24, 2.45) is 0 Å². The van der Waals surface area contributed by atoms with Crippen LogP contribution in [0.3, 0.4) is 0 Å². The molecule has 1 amide bonds. The first-order chi connectivity index (χ1) is 14.9. The molecule has 2 heterocycles. The van der Waals surface area contributed by atoms with Crippen LogP contribution in [0.5, 0.6) is 0 Å². The van der Waals surface area contributed by atoms with Gasteiger partial charge < -0.3 is 4.90 Å². The molecule has 1 saturated heterocycles. The number of amides is 1. The largest absolute Gasteiger partial charge is 0.312 e. The highest BCUT2D eigenvalue weighted by Gasteiger charge is 2.22. The molecular weight excluding hydrogens is 386 g/mol. The lowest BCUT2D eigenvalue weighted by atomic mass is 10.1. The molecule has 0 unspecified atom stereocenters. The molecule has 4 rings (SSSR count). The van der Waals surface area contributed by atoms with Crippen LogP contribution in [0.25, 0.3) is 6.08 Å². The van der Waals surface area contributed by atoms with Crippen molar-refractivity contribution in [3.63, 3.8) is 0 Å². The van der Waals surface area contributed by atoms with Crippen molar-refractivity contribution < 1.29 is 9.59 Å². The van der Waals surface area contributed by atoms with Gasteiger partial charge in [0.05, 0.1) is 12.2 Å². The average molecular weight is 414 g/mol. The third-order valence-corrected chi connectivity index (χ3v) is 5.81. The number of benzene rings is 2. The molecule has 5 heteroatoms. The summed E-state index contributed by atoms with van der Waals surface area (Å²) in [7, 11) is 0. The summed E-state index contributed by atoms with van der Waals surface area (Å²) in [5, 5.41) is 4.66. The number of ketones is 1. The van der Waals surface area contributed by atoms with Gasteiger partial charge in [0.15, 0.2) is 5.78 Å². The summed E-state index contributed by atoms with van der Waals surface area (Å²) in [4.78, 5) is 26.6. The van der Waals surface area contributed by atoms with Gasteiger partial charge in [-0.3, -0.25) is 14.3 Å². The van der Waals surface area contributed by atoms with Crippen LogP contribution in [-0.2, 0) is 11.3 Å². The summed E-state index contributed by atoms with van der Waals surface area (Å²) < 4.78 is 1.98. The molecule has 5 nitrogen and oxygen atoms in total. The Bertz CT molecular complexity index is 1160.